The molecule has 0 aromatic carbocycles. The average molecular weight is 384 g/mol. The third kappa shape index (κ3) is 3.21. The molecule has 0 aliphatic heterocycles. The van der Waals surface area contributed by atoms with Crippen molar-refractivity contribution in [3.63, 3.8) is 0 Å². The number of amides is 2. The number of carbonyl (C=O) groups excluding carboxylic acids is 2. The zero-order valence-corrected chi connectivity index (χ0v) is 15.8. The predicted octanol–water partition coefficient (Wildman–Crippen LogP) is 1.65. The Morgan fingerprint density at radius 1 is 1.22 bits per heavy atom. The standard InChI is InChI=1S/C19H20N4O3S/c1-11(24)20-8-9-21-17(25)13-6-4-10-23-16(13)22-18-15(19(23)26)12-5-2-3-7-14(12)27-18/h4,6,10H,2-3,5,7-9H2,1H3,(H,20,24)(H,21,25). The van der Waals surface area contributed by atoms with Crippen molar-refractivity contribution in [2.24, 2.45) is 0 Å². The van der Waals surface area contributed by atoms with E-state index in [1.54, 1.807) is 29.7 Å². The highest BCUT2D eigenvalue weighted by molar-refractivity contribution is 7.18. The van der Waals surface area contributed by atoms with E-state index in [1.165, 1.54) is 16.2 Å². The topological polar surface area (TPSA) is 92.6 Å². The van der Waals surface area contributed by atoms with Crippen LogP contribution >= 0.6 is 11.3 Å². The number of pyridine rings is 1. The van der Waals surface area contributed by atoms with Crippen molar-refractivity contribution in [3.8, 4) is 0 Å². The maximum atomic E-state index is 13.1. The summed E-state index contributed by atoms with van der Waals surface area (Å²) in [5, 5.41) is 6.09. The quantitative estimate of drug-likeness (QED) is 0.669. The second-order valence-corrected chi connectivity index (χ2v) is 7.75. The molecule has 27 heavy (non-hydrogen) atoms. The van der Waals surface area contributed by atoms with Crippen LogP contribution in [-0.2, 0) is 17.6 Å². The van der Waals surface area contributed by atoms with Gasteiger partial charge in [-0.1, -0.05) is 0 Å². The highest BCUT2D eigenvalue weighted by Crippen LogP contribution is 2.34. The first kappa shape index (κ1) is 17.7. The van der Waals surface area contributed by atoms with Crippen LogP contribution in [0.25, 0.3) is 15.9 Å². The molecule has 2 amide bonds. The molecule has 3 aromatic heterocycles. The van der Waals surface area contributed by atoms with Crippen LogP contribution in [0.1, 0.15) is 40.6 Å². The van der Waals surface area contributed by atoms with Gasteiger partial charge in [-0.05, 0) is 43.4 Å². The molecule has 140 valence electrons. The molecule has 2 N–H and O–H groups in total. The Hall–Kier alpha value is -2.74. The number of aryl methyl sites for hydroxylation is 2. The highest BCUT2D eigenvalue weighted by Gasteiger charge is 2.22. The molecule has 3 aromatic rings. The van der Waals surface area contributed by atoms with Crippen LogP contribution in [0.3, 0.4) is 0 Å². The van der Waals surface area contributed by atoms with Gasteiger partial charge in [-0.25, -0.2) is 4.98 Å². The molecular weight excluding hydrogens is 364 g/mol. The summed E-state index contributed by atoms with van der Waals surface area (Å²) >= 11 is 1.57. The molecule has 7 nitrogen and oxygen atoms in total. The summed E-state index contributed by atoms with van der Waals surface area (Å²) in [4.78, 5) is 43.2. The average Bonchev–Trinajstić information content (AvgIpc) is 3.03. The number of nitrogens with zero attached hydrogens (tertiary/aromatic N) is 2. The summed E-state index contributed by atoms with van der Waals surface area (Å²) in [5.41, 5.74) is 1.75. The highest BCUT2D eigenvalue weighted by atomic mass is 32.1. The van der Waals surface area contributed by atoms with Crippen LogP contribution in [-0.4, -0.2) is 34.3 Å². The Bertz CT molecular complexity index is 1120. The largest absolute Gasteiger partial charge is 0.355 e. The first-order valence-electron chi connectivity index (χ1n) is 9.04. The zero-order chi connectivity index (χ0) is 19.0. The molecule has 0 bridgehead atoms. The number of fused-ring (bicyclic) bond motifs is 4. The molecule has 0 radical (unpaired) electrons. The number of hydrogen-bond donors (Lipinski definition) is 2. The fourth-order valence-corrected chi connectivity index (χ4v) is 4.78. The lowest BCUT2D eigenvalue weighted by Gasteiger charge is -2.10. The zero-order valence-electron chi connectivity index (χ0n) is 15.0. The smallest absolute Gasteiger partial charge is 0.266 e. The minimum Gasteiger partial charge on any atom is -0.355 e. The molecule has 1 aliphatic rings. The van der Waals surface area contributed by atoms with E-state index in [-0.39, 0.29) is 17.4 Å². The van der Waals surface area contributed by atoms with E-state index in [0.29, 0.717) is 34.5 Å². The van der Waals surface area contributed by atoms with E-state index in [1.807, 2.05) is 0 Å². The fraction of sp³-hybridized carbons (Fsp3) is 0.368. The SMILES string of the molecule is CC(=O)NCCNC(=O)c1cccn2c(=O)c3c4c(sc3nc12)CCCC4. The number of rotatable bonds is 4. The van der Waals surface area contributed by atoms with Gasteiger partial charge in [-0.2, -0.15) is 0 Å². The molecule has 3 heterocycles. The summed E-state index contributed by atoms with van der Waals surface area (Å²) < 4.78 is 1.46. The van der Waals surface area contributed by atoms with E-state index in [9.17, 15) is 14.4 Å². The lowest BCUT2D eigenvalue weighted by molar-refractivity contribution is -0.118. The number of carbonyl (C=O) groups is 2. The van der Waals surface area contributed by atoms with Crippen molar-refractivity contribution in [3.05, 3.63) is 44.7 Å². The molecule has 0 unspecified atom stereocenters. The maximum Gasteiger partial charge on any atom is 0.266 e. The van der Waals surface area contributed by atoms with Crippen molar-refractivity contribution in [2.75, 3.05) is 13.1 Å². The van der Waals surface area contributed by atoms with Gasteiger partial charge in [0.15, 0.2) is 5.65 Å². The number of thiophene rings is 1. The summed E-state index contributed by atoms with van der Waals surface area (Å²) in [5.74, 6) is -0.460. The van der Waals surface area contributed by atoms with E-state index in [2.05, 4.69) is 15.6 Å². The molecule has 0 saturated heterocycles. The molecule has 8 heteroatoms. The molecular formula is C19H20N4O3S. The Balaban J connectivity index is 1.74. The van der Waals surface area contributed by atoms with Crippen LogP contribution < -0.4 is 16.2 Å². The summed E-state index contributed by atoms with van der Waals surface area (Å²) in [6.45, 7) is 2.08. The lowest BCUT2D eigenvalue weighted by Crippen LogP contribution is -2.34. The second-order valence-electron chi connectivity index (χ2n) is 6.66. The molecule has 1 aliphatic carbocycles. The first-order valence-corrected chi connectivity index (χ1v) is 9.86. The van der Waals surface area contributed by atoms with Gasteiger partial charge in [-0.15, -0.1) is 11.3 Å². The number of hydrogen-bond acceptors (Lipinski definition) is 5. The van der Waals surface area contributed by atoms with Crippen molar-refractivity contribution in [1.29, 1.82) is 0 Å². The molecule has 0 saturated carbocycles. The van der Waals surface area contributed by atoms with E-state index in [0.717, 1.165) is 31.2 Å². The third-order valence-corrected chi connectivity index (χ3v) is 5.97. The molecule has 4 rings (SSSR count). The van der Waals surface area contributed by atoms with Gasteiger partial charge < -0.3 is 10.6 Å². The van der Waals surface area contributed by atoms with Gasteiger partial charge in [0.05, 0.1) is 10.9 Å². The van der Waals surface area contributed by atoms with E-state index in [4.69, 9.17) is 0 Å². The normalized spacial score (nSPS) is 13.5. The Morgan fingerprint density at radius 3 is 2.81 bits per heavy atom. The monoisotopic (exact) mass is 384 g/mol. The number of nitrogens with one attached hydrogen (secondary N) is 2. The van der Waals surface area contributed by atoms with Gasteiger partial charge in [0, 0.05) is 31.1 Å². The maximum absolute atomic E-state index is 13.1. The van der Waals surface area contributed by atoms with E-state index < -0.39 is 0 Å². The molecule has 0 atom stereocenters. The predicted molar refractivity (Wildman–Crippen MR) is 105 cm³/mol. The minimum absolute atomic E-state index is 0.109. The van der Waals surface area contributed by atoms with Gasteiger partial charge in [0.2, 0.25) is 5.91 Å². The Morgan fingerprint density at radius 2 is 2.00 bits per heavy atom. The molecule has 0 fully saturated rings. The summed E-state index contributed by atoms with van der Waals surface area (Å²) in [6.07, 6.45) is 5.81. The van der Waals surface area contributed by atoms with Crippen molar-refractivity contribution in [1.82, 2.24) is 20.0 Å². The van der Waals surface area contributed by atoms with Crippen LogP contribution in [0.4, 0.5) is 0 Å². The summed E-state index contributed by atoms with van der Waals surface area (Å²) in [6, 6.07) is 3.35. The third-order valence-electron chi connectivity index (χ3n) is 4.79. The van der Waals surface area contributed by atoms with Gasteiger partial charge >= 0.3 is 0 Å². The Kier molecular flexibility index (Phi) is 4.65. The van der Waals surface area contributed by atoms with Crippen molar-refractivity contribution in [2.45, 2.75) is 32.6 Å². The van der Waals surface area contributed by atoms with Crippen molar-refractivity contribution < 1.29 is 9.59 Å². The first-order chi connectivity index (χ1) is 13.1. The Labute approximate surface area is 159 Å². The van der Waals surface area contributed by atoms with Crippen molar-refractivity contribution >= 4 is 39.0 Å². The lowest BCUT2D eigenvalue weighted by atomic mass is 9.97. The van der Waals surface area contributed by atoms with Crippen LogP contribution in [0.15, 0.2) is 23.1 Å². The van der Waals surface area contributed by atoms with Crippen LogP contribution in [0, 0.1) is 0 Å². The van der Waals surface area contributed by atoms with Gasteiger partial charge in [0.1, 0.15) is 4.83 Å². The molecule has 0 spiro atoms. The minimum atomic E-state index is -0.314. The van der Waals surface area contributed by atoms with Gasteiger partial charge in [-0.3, -0.25) is 18.8 Å². The van der Waals surface area contributed by atoms with Gasteiger partial charge in [0.25, 0.3) is 11.5 Å². The second kappa shape index (κ2) is 7.11. The fourth-order valence-electron chi connectivity index (χ4n) is 3.53. The summed E-state index contributed by atoms with van der Waals surface area (Å²) in [7, 11) is 0. The number of aromatic nitrogens is 2. The van der Waals surface area contributed by atoms with E-state index >= 15 is 0 Å². The van der Waals surface area contributed by atoms with Crippen LogP contribution in [0.5, 0.6) is 0 Å². The van der Waals surface area contributed by atoms with Crippen LogP contribution in [0.2, 0.25) is 0 Å².